The Bertz CT molecular complexity index is 938. The second-order valence-electron chi connectivity index (χ2n) is 5.23. The minimum atomic E-state index is -0.489. The molecular formula is C18H14BrNO3. The van der Waals surface area contributed by atoms with Gasteiger partial charge in [0.15, 0.2) is 0 Å². The standard InChI is InChI=1S/C18H14BrNO3/c1-10-9-12(5-8-14(10)19)20-16-15(17(21)18(16)22)11-3-6-13(23-2)7-4-11/h3-9,20H,1-2H3. The topological polar surface area (TPSA) is 55.4 Å². The van der Waals surface area contributed by atoms with Gasteiger partial charge in [-0.1, -0.05) is 28.1 Å². The highest BCUT2D eigenvalue weighted by Crippen LogP contribution is 2.29. The summed E-state index contributed by atoms with van der Waals surface area (Å²) >= 11 is 3.44. The van der Waals surface area contributed by atoms with E-state index in [1.54, 1.807) is 31.4 Å². The molecule has 3 aromatic rings. The second kappa shape index (κ2) is 6.01. The summed E-state index contributed by atoms with van der Waals surface area (Å²) in [5.41, 5.74) is 2.31. The van der Waals surface area contributed by atoms with Crippen LogP contribution in [0.25, 0.3) is 11.1 Å². The first-order chi connectivity index (χ1) is 11.0. The molecule has 0 aromatic heterocycles. The number of rotatable bonds is 4. The zero-order chi connectivity index (χ0) is 16.6. The number of aryl methyl sites for hydroxylation is 1. The molecule has 0 saturated carbocycles. The molecule has 1 N–H and O–H groups in total. The molecule has 5 heteroatoms. The predicted octanol–water partition coefficient (Wildman–Crippen LogP) is 3.77. The Labute approximate surface area is 141 Å². The van der Waals surface area contributed by atoms with Gasteiger partial charge in [-0.25, -0.2) is 0 Å². The molecule has 0 aliphatic carbocycles. The summed E-state index contributed by atoms with van der Waals surface area (Å²) in [6, 6.07) is 12.7. The molecule has 0 atom stereocenters. The summed E-state index contributed by atoms with van der Waals surface area (Å²) in [6.45, 7) is 1.96. The fraction of sp³-hybridized carbons (Fsp3) is 0.111. The first-order valence-electron chi connectivity index (χ1n) is 7.02. The lowest BCUT2D eigenvalue weighted by Gasteiger charge is -2.14. The molecule has 0 fully saturated rings. The van der Waals surface area contributed by atoms with Crippen molar-refractivity contribution in [1.82, 2.24) is 0 Å². The molecule has 0 bridgehead atoms. The quantitative estimate of drug-likeness (QED) is 0.709. The Morgan fingerprint density at radius 3 is 2.30 bits per heavy atom. The van der Waals surface area contributed by atoms with Gasteiger partial charge >= 0.3 is 0 Å². The average Bonchev–Trinajstić information content (AvgIpc) is 2.57. The Kier molecular flexibility index (Phi) is 4.05. The van der Waals surface area contributed by atoms with Crippen molar-refractivity contribution in [3.8, 4) is 16.9 Å². The maximum atomic E-state index is 12.0. The largest absolute Gasteiger partial charge is 0.497 e. The van der Waals surface area contributed by atoms with Crippen molar-refractivity contribution in [3.63, 3.8) is 0 Å². The number of nitrogens with one attached hydrogen (secondary N) is 1. The van der Waals surface area contributed by atoms with E-state index in [-0.39, 0.29) is 0 Å². The second-order valence-corrected chi connectivity index (χ2v) is 6.08. The van der Waals surface area contributed by atoms with Crippen LogP contribution >= 0.6 is 15.9 Å². The summed E-state index contributed by atoms with van der Waals surface area (Å²) in [7, 11) is 1.58. The van der Waals surface area contributed by atoms with E-state index in [1.807, 2.05) is 25.1 Å². The van der Waals surface area contributed by atoms with Gasteiger partial charge in [-0.3, -0.25) is 9.59 Å². The van der Waals surface area contributed by atoms with E-state index in [2.05, 4.69) is 21.2 Å². The van der Waals surface area contributed by atoms with E-state index < -0.39 is 10.9 Å². The fourth-order valence-electron chi connectivity index (χ4n) is 2.41. The number of benzene rings is 2. The number of methoxy groups -OCH3 is 1. The minimum absolute atomic E-state index is 0.335. The maximum Gasteiger partial charge on any atom is 0.250 e. The van der Waals surface area contributed by atoms with Crippen LogP contribution in [0.5, 0.6) is 5.75 Å². The normalized spacial score (nSPS) is 10.7. The third kappa shape index (κ3) is 2.80. The molecule has 0 aliphatic heterocycles. The van der Waals surface area contributed by atoms with Crippen LogP contribution in [0.3, 0.4) is 0 Å². The van der Waals surface area contributed by atoms with Gasteiger partial charge in [-0.15, -0.1) is 0 Å². The Morgan fingerprint density at radius 2 is 1.70 bits per heavy atom. The van der Waals surface area contributed by atoms with Gasteiger partial charge in [-0.2, -0.15) is 0 Å². The Morgan fingerprint density at radius 1 is 1.00 bits per heavy atom. The van der Waals surface area contributed by atoms with Crippen molar-refractivity contribution in [1.29, 1.82) is 0 Å². The Hall–Kier alpha value is -2.40. The number of halogens is 1. The molecule has 0 saturated heterocycles. The van der Waals surface area contributed by atoms with Crippen molar-refractivity contribution in [3.05, 3.63) is 72.9 Å². The van der Waals surface area contributed by atoms with E-state index in [0.717, 1.165) is 15.7 Å². The molecule has 0 heterocycles. The van der Waals surface area contributed by atoms with Gasteiger partial charge in [-0.05, 0) is 48.4 Å². The highest BCUT2D eigenvalue weighted by atomic mass is 79.9. The molecule has 3 rings (SSSR count). The van der Waals surface area contributed by atoms with Crippen molar-refractivity contribution >= 4 is 27.3 Å². The third-order valence-corrected chi connectivity index (χ3v) is 4.61. The van der Waals surface area contributed by atoms with E-state index in [9.17, 15) is 9.59 Å². The van der Waals surface area contributed by atoms with Crippen LogP contribution < -0.4 is 20.9 Å². The third-order valence-electron chi connectivity index (χ3n) is 3.72. The van der Waals surface area contributed by atoms with Crippen LogP contribution in [-0.4, -0.2) is 7.11 Å². The minimum Gasteiger partial charge on any atom is -0.497 e. The summed E-state index contributed by atoms with van der Waals surface area (Å²) in [4.78, 5) is 23.9. The highest BCUT2D eigenvalue weighted by Gasteiger charge is 2.22. The van der Waals surface area contributed by atoms with Crippen molar-refractivity contribution in [2.24, 2.45) is 0 Å². The lowest BCUT2D eigenvalue weighted by molar-refractivity contribution is 0.415. The van der Waals surface area contributed by atoms with E-state index in [0.29, 0.717) is 22.6 Å². The predicted molar refractivity (Wildman–Crippen MR) is 95.5 cm³/mol. The molecule has 0 amide bonds. The average molecular weight is 372 g/mol. The number of anilines is 2. The summed E-state index contributed by atoms with van der Waals surface area (Å²) < 4.78 is 6.10. The van der Waals surface area contributed by atoms with Crippen molar-refractivity contribution < 1.29 is 4.74 Å². The fourth-order valence-corrected chi connectivity index (χ4v) is 2.66. The van der Waals surface area contributed by atoms with Gasteiger partial charge in [0.1, 0.15) is 11.4 Å². The van der Waals surface area contributed by atoms with Crippen LogP contribution in [0, 0.1) is 6.92 Å². The first-order valence-corrected chi connectivity index (χ1v) is 7.81. The lowest BCUT2D eigenvalue weighted by atomic mass is 9.98. The number of hydrogen-bond acceptors (Lipinski definition) is 4. The molecule has 0 radical (unpaired) electrons. The molecule has 0 unspecified atom stereocenters. The number of ether oxygens (including phenoxy) is 1. The van der Waals surface area contributed by atoms with Gasteiger partial charge in [0.25, 0.3) is 5.43 Å². The van der Waals surface area contributed by atoms with Gasteiger partial charge < -0.3 is 10.1 Å². The van der Waals surface area contributed by atoms with Crippen LogP contribution in [-0.2, 0) is 0 Å². The lowest BCUT2D eigenvalue weighted by Crippen LogP contribution is -2.35. The smallest absolute Gasteiger partial charge is 0.250 e. The molecule has 0 aliphatic rings. The van der Waals surface area contributed by atoms with Crippen LogP contribution in [0.15, 0.2) is 56.5 Å². The van der Waals surface area contributed by atoms with Crippen molar-refractivity contribution in [2.75, 3.05) is 12.4 Å². The van der Waals surface area contributed by atoms with E-state index in [4.69, 9.17) is 4.74 Å². The SMILES string of the molecule is COc1ccc(-c2c(Nc3ccc(Br)c(C)c3)c(=O)c2=O)cc1. The molecule has 4 nitrogen and oxygen atoms in total. The Balaban J connectivity index is 1.97. The summed E-state index contributed by atoms with van der Waals surface area (Å²) in [6.07, 6.45) is 0. The summed E-state index contributed by atoms with van der Waals surface area (Å²) in [5, 5.41) is 3.06. The molecular weight excluding hydrogens is 358 g/mol. The summed E-state index contributed by atoms with van der Waals surface area (Å²) in [5.74, 6) is 0.700. The molecule has 3 aromatic carbocycles. The van der Waals surface area contributed by atoms with E-state index >= 15 is 0 Å². The highest BCUT2D eigenvalue weighted by molar-refractivity contribution is 9.10. The zero-order valence-electron chi connectivity index (χ0n) is 12.6. The van der Waals surface area contributed by atoms with Crippen LogP contribution in [0.4, 0.5) is 11.4 Å². The number of hydrogen-bond donors (Lipinski definition) is 1. The monoisotopic (exact) mass is 371 g/mol. The first kappa shape index (κ1) is 15.5. The molecule has 116 valence electrons. The van der Waals surface area contributed by atoms with Gasteiger partial charge in [0.2, 0.25) is 5.43 Å². The van der Waals surface area contributed by atoms with Crippen LogP contribution in [0.1, 0.15) is 5.56 Å². The molecule has 23 heavy (non-hydrogen) atoms. The maximum absolute atomic E-state index is 12.0. The van der Waals surface area contributed by atoms with Crippen LogP contribution in [0.2, 0.25) is 0 Å². The van der Waals surface area contributed by atoms with Crippen molar-refractivity contribution in [2.45, 2.75) is 6.92 Å². The zero-order valence-corrected chi connectivity index (χ0v) is 14.2. The molecule has 0 spiro atoms. The van der Waals surface area contributed by atoms with Gasteiger partial charge in [0, 0.05) is 10.2 Å². The van der Waals surface area contributed by atoms with E-state index in [1.165, 1.54) is 0 Å². The van der Waals surface area contributed by atoms with Gasteiger partial charge in [0.05, 0.1) is 12.7 Å².